The monoisotopic (exact) mass is 338 g/mol. The highest BCUT2D eigenvalue weighted by Gasteiger charge is 2.19. The number of hydrogen-bond donors (Lipinski definition) is 1. The minimum atomic E-state index is -0.239. The average molecular weight is 339 g/mol. The molecule has 0 fully saturated rings. The molecule has 1 N–H and O–H groups in total. The van der Waals surface area contributed by atoms with Crippen LogP contribution >= 0.6 is 15.9 Å². The van der Waals surface area contributed by atoms with Crippen LogP contribution in [0.1, 0.15) is 27.4 Å². The number of aromatic nitrogens is 1. The number of methoxy groups -OCH3 is 1. The summed E-state index contributed by atoms with van der Waals surface area (Å²) in [6.45, 7) is 3.85. The first-order valence-corrected chi connectivity index (χ1v) is 6.84. The summed E-state index contributed by atoms with van der Waals surface area (Å²) in [5, 5.41) is 6.66. The second-order valence-electron chi connectivity index (χ2n) is 4.35. The minimum Gasteiger partial charge on any atom is -0.380 e. The van der Waals surface area contributed by atoms with Gasteiger partial charge in [0.2, 0.25) is 0 Å². The Kier molecular flexibility index (Phi) is 4.57. The van der Waals surface area contributed by atoms with E-state index in [1.54, 1.807) is 21.0 Å². The zero-order valence-corrected chi connectivity index (χ0v) is 13.1. The number of nitrogens with zero attached hydrogens (tertiary/aromatic N) is 1. The lowest BCUT2D eigenvalue weighted by Crippen LogP contribution is -2.15. The third-order valence-electron chi connectivity index (χ3n) is 2.92. The van der Waals surface area contributed by atoms with Crippen molar-refractivity contribution in [2.75, 3.05) is 12.4 Å². The van der Waals surface area contributed by atoms with Crippen LogP contribution in [0, 0.1) is 13.8 Å². The van der Waals surface area contributed by atoms with E-state index in [2.05, 4.69) is 26.4 Å². The van der Waals surface area contributed by atoms with Crippen molar-refractivity contribution in [2.24, 2.45) is 0 Å². The van der Waals surface area contributed by atoms with Crippen LogP contribution in [0.25, 0.3) is 0 Å². The lowest BCUT2D eigenvalue weighted by molar-refractivity contribution is 0.102. The molecule has 1 amide bonds. The first kappa shape index (κ1) is 14.7. The van der Waals surface area contributed by atoms with Gasteiger partial charge in [-0.3, -0.25) is 4.79 Å². The highest BCUT2D eigenvalue weighted by atomic mass is 79.9. The Morgan fingerprint density at radius 1 is 1.45 bits per heavy atom. The normalized spacial score (nSPS) is 10.6. The van der Waals surface area contributed by atoms with E-state index in [4.69, 9.17) is 9.26 Å². The van der Waals surface area contributed by atoms with Crippen molar-refractivity contribution in [1.82, 2.24) is 5.16 Å². The van der Waals surface area contributed by atoms with Crippen molar-refractivity contribution in [2.45, 2.75) is 20.5 Å². The number of ether oxygens (including phenoxy) is 1. The number of carbonyl (C=O) groups is 1. The van der Waals surface area contributed by atoms with Gasteiger partial charge in [-0.1, -0.05) is 27.2 Å². The van der Waals surface area contributed by atoms with E-state index in [9.17, 15) is 4.79 Å². The largest absolute Gasteiger partial charge is 0.380 e. The van der Waals surface area contributed by atoms with Crippen LogP contribution < -0.4 is 5.32 Å². The molecule has 20 heavy (non-hydrogen) atoms. The van der Waals surface area contributed by atoms with Crippen molar-refractivity contribution in [3.05, 3.63) is 45.3 Å². The molecule has 1 heterocycles. The van der Waals surface area contributed by atoms with Crippen LogP contribution in [0.5, 0.6) is 0 Å². The molecule has 0 spiro atoms. The van der Waals surface area contributed by atoms with Crippen LogP contribution in [0.15, 0.2) is 27.2 Å². The van der Waals surface area contributed by atoms with Gasteiger partial charge in [0.1, 0.15) is 11.3 Å². The molecule has 0 saturated carbocycles. The van der Waals surface area contributed by atoms with Gasteiger partial charge in [-0.2, -0.15) is 0 Å². The predicted molar refractivity (Wildman–Crippen MR) is 78.8 cm³/mol. The topological polar surface area (TPSA) is 64.4 Å². The van der Waals surface area contributed by atoms with Crippen LogP contribution in [0.4, 0.5) is 5.69 Å². The molecule has 1 aromatic carbocycles. The summed E-state index contributed by atoms with van der Waals surface area (Å²) in [6, 6.07) is 5.58. The third-order valence-corrected chi connectivity index (χ3v) is 3.66. The second-order valence-corrected chi connectivity index (χ2v) is 5.21. The van der Waals surface area contributed by atoms with Crippen molar-refractivity contribution in [1.29, 1.82) is 0 Å². The molecule has 0 radical (unpaired) electrons. The Morgan fingerprint density at radius 2 is 2.20 bits per heavy atom. The van der Waals surface area contributed by atoms with Gasteiger partial charge in [0.15, 0.2) is 0 Å². The molecule has 1 aromatic heterocycles. The summed E-state index contributed by atoms with van der Waals surface area (Å²) in [6.07, 6.45) is 0. The van der Waals surface area contributed by atoms with Gasteiger partial charge in [0, 0.05) is 22.8 Å². The third kappa shape index (κ3) is 2.91. The molecular weight excluding hydrogens is 324 g/mol. The van der Waals surface area contributed by atoms with Gasteiger partial charge in [-0.05, 0) is 26.0 Å². The fraction of sp³-hybridized carbons (Fsp3) is 0.286. The van der Waals surface area contributed by atoms with Crippen molar-refractivity contribution >= 4 is 27.5 Å². The van der Waals surface area contributed by atoms with Gasteiger partial charge in [-0.25, -0.2) is 0 Å². The van der Waals surface area contributed by atoms with E-state index in [0.717, 1.165) is 10.0 Å². The molecule has 0 unspecified atom stereocenters. The van der Waals surface area contributed by atoms with E-state index in [-0.39, 0.29) is 5.91 Å². The summed E-state index contributed by atoms with van der Waals surface area (Å²) < 4.78 is 11.1. The highest BCUT2D eigenvalue weighted by Crippen LogP contribution is 2.26. The Morgan fingerprint density at radius 3 is 2.80 bits per heavy atom. The maximum Gasteiger partial charge on any atom is 0.261 e. The van der Waals surface area contributed by atoms with Crippen molar-refractivity contribution in [3.8, 4) is 0 Å². The van der Waals surface area contributed by atoms with Gasteiger partial charge in [0.05, 0.1) is 12.3 Å². The van der Waals surface area contributed by atoms with Crippen molar-refractivity contribution in [3.63, 3.8) is 0 Å². The molecule has 0 aliphatic carbocycles. The first-order valence-electron chi connectivity index (χ1n) is 6.05. The number of halogens is 1. The molecule has 5 nitrogen and oxygen atoms in total. The number of anilines is 1. The molecule has 6 heteroatoms. The Labute approximate surface area is 125 Å². The van der Waals surface area contributed by atoms with E-state index >= 15 is 0 Å². The van der Waals surface area contributed by atoms with Gasteiger partial charge in [-0.15, -0.1) is 0 Å². The van der Waals surface area contributed by atoms with Crippen LogP contribution in [-0.4, -0.2) is 18.2 Å². The van der Waals surface area contributed by atoms with E-state index in [1.165, 1.54) is 0 Å². The molecule has 0 bridgehead atoms. The fourth-order valence-electron chi connectivity index (χ4n) is 1.96. The second kappa shape index (κ2) is 6.19. The average Bonchev–Trinajstić information content (AvgIpc) is 2.73. The minimum absolute atomic E-state index is 0.239. The number of nitrogens with one attached hydrogen (secondary N) is 1. The SMILES string of the molecule is COCc1c(Br)cccc1NC(=O)c1c(C)noc1C. The summed E-state index contributed by atoms with van der Waals surface area (Å²) in [4.78, 5) is 12.3. The number of rotatable bonds is 4. The Hall–Kier alpha value is -1.66. The molecule has 0 saturated heterocycles. The van der Waals surface area contributed by atoms with E-state index in [0.29, 0.717) is 29.3 Å². The molecule has 0 atom stereocenters. The Bertz CT molecular complexity index is 618. The number of aryl methyl sites for hydroxylation is 2. The lowest BCUT2D eigenvalue weighted by atomic mass is 10.1. The zero-order chi connectivity index (χ0) is 14.7. The predicted octanol–water partition coefficient (Wildman–Crippen LogP) is 3.45. The smallest absolute Gasteiger partial charge is 0.261 e. The van der Waals surface area contributed by atoms with Crippen LogP contribution in [-0.2, 0) is 11.3 Å². The molecule has 0 aliphatic rings. The quantitative estimate of drug-likeness (QED) is 0.927. The number of benzene rings is 1. The first-order chi connectivity index (χ1) is 9.54. The Balaban J connectivity index is 2.31. The summed E-state index contributed by atoms with van der Waals surface area (Å²) in [7, 11) is 1.61. The van der Waals surface area contributed by atoms with Gasteiger partial charge >= 0.3 is 0 Å². The highest BCUT2D eigenvalue weighted by molar-refractivity contribution is 9.10. The molecule has 106 valence electrons. The van der Waals surface area contributed by atoms with Crippen LogP contribution in [0.3, 0.4) is 0 Å². The standard InChI is InChI=1S/C14H15BrN2O3/c1-8-13(9(2)20-17-8)14(18)16-12-6-4-5-11(15)10(12)7-19-3/h4-6H,7H2,1-3H3,(H,16,18). The summed E-state index contributed by atoms with van der Waals surface area (Å²) >= 11 is 3.45. The zero-order valence-electron chi connectivity index (χ0n) is 11.5. The number of carbonyl (C=O) groups excluding carboxylic acids is 1. The van der Waals surface area contributed by atoms with Gasteiger partial charge in [0.25, 0.3) is 5.91 Å². The summed E-state index contributed by atoms with van der Waals surface area (Å²) in [5.74, 6) is 0.264. The molecule has 2 aromatic rings. The summed E-state index contributed by atoms with van der Waals surface area (Å²) in [5.41, 5.74) is 2.62. The van der Waals surface area contributed by atoms with E-state index in [1.807, 2.05) is 18.2 Å². The molecule has 0 aliphatic heterocycles. The lowest BCUT2D eigenvalue weighted by Gasteiger charge is -2.12. The van der Waals surface area contributed by atoms with Crippen LogP contribution in [0.2, 0.25) is 0 Å². The molecular formula is C14H15BrN2O3. The van der Waals surface area contributed by atoms with Crippen molar-refractivity contribution < 1.29 is 14.1 Å². The fourth-order valence-corrected chi connectivity index (χ4v) is 2.44. The number of amides is 1. The maximum atomic E-state index is 12.3. The van der Waals surface area contributed by atoms with E-state index < -0.39 is 0 Å². The molecule has 2 rings (SSSR count). The maximum absolute atomic E-state index is 12.3. The van der Waals surface area contributed by atoms with Gasteiger partial charge < -0.3 is 14.6 Å². The number of hydrogen-bond acceptors (Lipinski definition) is 4.